The number of likely N-dealkylation sites (N-methyl/N-ethyl adjacent to an activating group) is 1. The standard InChI is InChI=1S/C13H18N2O/c1-15(8-7-14)13(16)12-6-5-10-3-2-4-11(10)9-12/h5-6,9H,2-4,7-8,14H2,1H3. The van der Waals surface area contributed by atoms with Gasteiger partial charge in [0.25, 0.3) is 5.91 Å². The number of benzene rings is 1. The second kappa shape index (κ2) is 4.66. The fourth-order valence-electron chi connectivity index (χ4n) is 2.22. The largest absolute Gasteiger partial charge is 0.340 e. The molecule has 3 nitrogen and oxygen atoms in total. The lowest BCUT2D eigenvalue weighted by Crippen LogP contribution is -2.31. The van der Waals surface area contributed by atoms with Crippen molar-refractivity contribution in [3.05, 3.63) is 34.9 Å². The predicted molar refractivity (Wildman–Crippen MR) is 64.5 cm³/mol. The van der Waals surface area contributed by atoms with Gasteiger partial charge < -0.3 is 10.6 Å². The van der Waals surface area contributed by atoms with Crippen molar-refractivity contribution in [2.24, 2.45) is 5.73 Å². The van der Waals surface area contributed by atoms with Gasteiger partial charge >= 0.3 is 0 Å². The predicted octanol–water partition coefficient (Wildman–Crippen LogP) is 1.21. The van der Waals surface area contributed by atoms with Crippen molar-refractivity contribution in [1.82, 2.24) is 4.90 Å². The summed E-state index contributed by atoms with van der Waals surface area (Å²) in [6, 6.07) is 6.06. The van der Waals surface area contributed by atoms with E-state index >= 15 is 0 Å². The molecule has 2 rings (SSSR count). The van der Waals surface area contributed by atoms with Crippen LogP contribution in [-0.4, -0.2) is 30.9 Å². The molecule has 1 aromatic carbocycles. The van der Waals surface area contributed by atoms with Gasteiger partial charge in [0, 0.05) is 25.7 Å². The van der Waals surface area contributed by atoms with E-state index in [-0.39, 0.29) is 5.91 Å². The molecule has 1 aromatic rings. The van der Waals surface area contributed by atoms with E-state index < -0.39 is 0 Å². The molecule has 0 fully saturated rings. The molecule has 0 atom stereocenters. The van der Waals surface area contributed by atoms with E-state index in [1.807, 2.05) is 12.1 Å². The molecular formula is C13H18N2O. The van der Waals surface area contributed by atoms with Crippen LogP contribution in [0.15, 0.2) is 18.2 Å². The Morgan fingerprint density at radius 2 is 2.12 bits per heavy atom. The first-order chi connectivity index (χ1) is 7.72. The van der Waals surface area contributed by atoms with Crippen LogP contribution in [0.3, 0.4) is 0 Å². The number of rotatable bonds is 3. The summed E-state index contributed by atoms with van der Waals surface area (Å²) in [5.74, 6) is 0.0696. The molecule has 86 valence electrons. The van der Waals surface area contributed by atoms with Crippen LogP contribution in [0.25, 0.3) is 0 Å². The molecule has 1 aliphatic rings. The van der Waals surface area contributed by atoms with Gasteiger partial charge in [0.05, 0.1) is 0 Å². The lowest BCUT2D eigenvalue weighted by atomic mass is 10.1. The minimum atomic E-state index is 0.0696. The first-order valence-electron chi connectivity index (χ1n) is 5.79. The summed E-state index contributed by atoms with van der Waals surface area (Å²) in [5.41, 5.74) is 8.97. The van der Waals surface area contributed by atoms with Crippen LogP contribution < -0.4 is 5.73 Å². The van der Waals surface area contributed by atoms with Gasteiger partial charge in [-0.2, -0.15) is 0 Å². The normalized spacial score (nSPS) is 13.6. The number of hydrogen-bond donors (Lipinski definition) is 1. The highest BCUT2D eigenvalue weighted by atomic mass is 16.2. The zero-order valence-corrected chi connectivity index (χ0v) is 9.70. The summed E-state index contributed by atoms with van der Waals surface area (Å²) in [6.07, 6.45) is 3.48. The third kappa shape index (κ3) is 2.09. The van der Waals surface area contributed by atoms with Gasteiger partial charge in [0.1, 0.15) is 0 Å². The molecule has 2 N–H and O–H groups in total. The summed E-state index contributed by atoms with van der Waals surface area (Å²) in [7, 11) is 1.79. The van der Waals surface area contributed by atoms with Crippen LogP contribution in [0, 0.1) is 0 Å². The number of nitrogens with two attached hydrogens (primary N) is 1. The number of fused-ring (bicyclic) bond motifs is 1. The van der Waals surface area contributed by atoms with Crippen LogP contribution in [0.2, 0.25) is 0 Å². The van der Waals surface area contributed by atoms with Crippen LogP contribution >= 0.6 is 0 Å². The summed E-state index contributed by atoms with van der Waals surface area (Å²) >= 11 is 0. The Morgan fingerprint density at radius 1 is 1.38 bits per heavy atom. The average Bonchev–Trinajstić information content (AvgIpc) is 2.75. The molecule has 0 saturated carbocycles. The summed E-state index contributed by atoms with van der Waals surface area (Å²) in [4.78, 5) is 13.7. The van der Waals surface area contributed by atoms with E-state index in [0.29, 0.717) is 13.1 Å². The van der Waals surface area contributed by atoms with E-state index in [1.165, 1.54) is 17.5 Å². The SMILES string of the molecule is CN(CCN)C(=O)c1ccc2c(c1)CCC2. The Hall–Kier alpha value is -1.35. The molecular weight excluding hydrogens is 200 g/mol. The molecule has 0 heterocycles. The van der Waals surface area contributed by atoms with Gasteiger partial charge in [0.2, 0.25) is 0 Å². The van der Waals surface area contributed by atoms with Crippen molar-refractivity contribution in [3.8, 4) is 0 Å². The molecule has 0 saturated heterocycles. The zero-order chi connectivity index (χ0) is 11.5. The molecule has 1 amide bonds. The highest BCUT2D eigenvalue weighted by Gasteiger charge is 2.15. The van der Waals surface area contributed by atoms with E-state index in [1.54, 1.807) is 11.9 Å². The van der Waals surface area contributed by atoms with E-state index in [9.17, 15) is 4.79 Å². The molecule has 16 heavy (non-hydrogen) atoms. The smallest absolute Gasteiger partial charge is 0.253 e. The molecule has 0 aromatic heterocycles. The van der Waals surface area contributed by atoms with Crippen molar-refractivity contribution >= 4 is 5.91 Å². The lowest BCUT2D eigenvalue weighted by Gasteiger charge is -2.16. The van der Waals surface area contributed by atoms with Crippen LogP contribution in [-0.2, 0) is 12.8 Å². The Bertz CT molecular complexity index is 401. The van der Waals surface area contributed by atoms with Crippen molar-refractivity contribution in [1.29, 1.82) is 0 Å². The van der Waals surface area contributed by atoms with Gasteiger partial charge in [-0.05, 0) is 42.5 Å². The summed E-state index contributed by atoms with van der Waals surface area (Å²) in [6.45, 7) is 1.11. The minimum absolute atomic E-state index is 0.0696. The summed E-state index contributed by atoms with van der Waals surface area (Å²) < 4.78 is 0. The monoisotopic (exact) mass is 218 g/mol. The number of carbonyl (C=O) groups is 1. The van der Waals surface area contributed by atoms with E-state index in [0.717, 1.165) is 18.4 Å². The maximum absolute atomic E-state index is 12.0. The highest BCUT2D eigenvalue weighted by molar-refractivity contribution is 5.94. The van der Waals surface area contributed by atoms with Crippen LogP contribution in [0.1, 0.15) is 27.9 Å². The molecule has 0 bridgehead atoms. The van der Waals surface area contributed by atoms with Gasteiger partial charge in [-0.25, -0.2) is 0 Å². The molecule has 0 unspecified atom stereocenters. The van der Waals surface area contributed by atoms with Crippen molar-refractivity contribution < 1.29 is 4.79 Å². The van der Waals surface area contributed by atoms with Crippen LogP contribution in [0.4, 0.5) is 0 Å². The zero-order valence-electron chi connectivity index (χ0n) is 9.70. The second-order valence-electron chi connectivity index (χ2n) is 4.35. The quantitative estimate of drug-likeness (QED) is 0.828. The first kappa shape index (κ1) is 11.1. The lowest BCUT2D eigenvalue weighted by molar-refractivity contribution is 0.0799. The fraction of sp³-hybridized carbons (Fsp3) is 0.462. The molecule has 3 heteroatoms. The third-order valence-corrected chi connectivity index (χ3v) is 3.16. The maximum atomic E-state index is 12.0. The number of nitrogens with zero attached hydrogens (tertiary/aromatic N) is 1. The van der Waals surface area contributed by atoms with Gasteiger partial charge in [-0.1, -0.05) is 6.07 Å². The Morgan fingerprint density at radius 3 is 2.88 bits per heavy atom. The average molecular weight is 218 g/mol. The van der Waals surface area contributed by atoms with Crippen molar-refractivity contribution in [2.75, 3.05) is 20.1 Å². The van der Waals surface area contributed by atoms with Crippen LogP contribution in [0.5, 0.6) is 0 Å². The number of amides is 1. The summed E-state index contributed by atoms with van der Waals surface area (Å²) in [5, 5.41) is 0. The maximum Gasteiger partial charge on any atom is 0.253 e. The Kier molecular flexibility index (Phi) is 3.25. The second-order valence-corrected chi connectivity index (χ2v) is 4.35. The van der Waals surface area contributed by atoms with Gasteiger partial charge in [0.15, 0.2) is 0 Å². The topological polar surface area (TPSA) is 46.3 Å². The number of carbonyl (C=O) groups excluding carboxylic acids is 1. The number of hydrogen-bond acceptors (Lipinski definition) is 2. The highest BCUT2D eigenvalue weighted by Crippen LogP contribution is 2.23. The molecule has 0 aliphatic heterocycles. The molecule has 0 radical (unpaired) electrons. The van der Waals surface area contributed by atoms with E-state index in [2.05, 4.69) is 6.07 Å². The van der Waals surface area contributed by atoms with Gasteiger partial charge in [-0.15, -0.1) is 0 Å². The molecule has 1 aliphatic carbocycles. The first-order valence-corrected chi connectivity index (χ1v) is 5.79. The number of aryl methyl sites for hydroxylation is 2. The van der Waals surface area contributed by atoms with Crippen molar-refractivity contribution in [2.45, 2.75) is 19.3 Å². The van der Waals surface area contributed by atoms with Crippen molar-refractivity contribution in [3.63, 3.8) is 0 Å². The van der Waals surface area contributed by atoms with E-state index in [4.69, 9.17) is 5.73 Å². The third-order valence-electron chi connectivity index (χ3n) is 3.16. The molecule has 0 spiro atoms. The Labute approximate surface area is 96.2 Å². The fourth-order valence-corrected chi connectivity index (χ4v) is 2.22. The minimum Gasteiger partial charge on any atom is -0.340 e. The van der Waals surface area contributed by atoms with Gasteiger partial charge in [-0.3, -0.25) is 4.79 Å². The Balaban J connectivity index is 2.18.